The lowest BCUT2D eigenvalue weighted by Gasteiger charge is -2.38. The summed E-state index contributed by atoms with van der Waals surface area (Å²) < 4.78 is 2.02. The van der Waals surface area contributed by atoms with Gasteiger partial charge in [0.05, 0.1) is 17.8 Å². The Kier molecular flexibility index (Phi) is 6.18. The van der Waals surface area contributed by atoms with Gasteiger partial charge in [-0.1, -0.05) is 127 Å². The summed E-state index contributed by atoms with van der Waals surface area (Å²) in [5, 5.41) is 8.95. The average molecular weight is 471 g/mol. The Labute approximate surface area is 212 Å². The van der Waals surface area contributed by atoms with Gasteiger partial charge in [0.2, 0.25) is 0 Å². The number of aryl methyl sites for hydroxylation is 2. The third-order valence-electron chi connectivity index (χ3n) is 7.22. The Bertz CT molecular complexity index is 1280. The standard InChI is InChI=1S/C32H30N4/c1-5-13-26(14-6-1)21-22-30-23-35(34-33-30)24-31-25-36(31)32(27-15-7-2-8-16-27,28-17-9-3-10-18-28)29-19-11-4-12-20-29/h1-20,23,31H,21-22,24-25H2/t31-,36?/m1/s1. The molecular formula is C32H30N4. The normalized spacial score (nSPS) is 17.1. The molecule has 2 heterocycles. The minimum absolute atomic E-state index is 0.356. The Morgan fingerprint density at radius 1 is 0.639 bits per heavy atom. The highest BCUT2D eigenvalue weighted by molar-refractivity contribution is 5.51. The van der Waals surface area contributed by atoms with Crippen LogP contribution in [0.1, 0.15) is 27.9 Å². The monoisotopic (exact) mass is 470 g/mol. The van der Waals surface area contributed by atoms with Crippen LogP contribution in [0.3, 0.4) is 0 Å². The first-order valence-electron chi connectivity index (χ1n) is 12.7. The van der Waals surface area contributed by atoms with Gasteiger partial charge in [-0.2, -0.15) is 0 Å². The van der Waals surface area contributed by atoms with E-state index in [9.17, 15) is 0 Å². The van der Waals surface area contributed by atoms with E-state index in [1.807, 2.05) is 4.68 Å². The van der Waals surface area contributed by atoms with Crippen LogP contribution in [0.15, 0.2) is 128 Å². The van der Waals surface area contributed by atoms with E-state index in [-0.39, 0.29) is 5.54 Å². The van der Waals surface area contributed by atoms with E-state index >= 15 is 0 Å². The molecule has 1 fully saturated rings. The predicted octanol–water partition coefficient (Wildman–Crippen LogP) is 5.74. The van der Waals surface area contributed by atoms with Crippen LogP contribution in [0, 0.1) is 0 Å². The second-order valence-corrected chi connectivity index (χ2v) is 9.53. The maximum atomic E-state index is 4.48. The second-order valence-electron chi connectivity index (χ2n) is 9.53. The zero-order chi connectivity index (χ0) is 24.2. The Morgan fingerprint density at radius 3 is 1.67 bits per heavy atom. The lowest BCUT2D eigenvalue weighted by atomic mass is 9.76. The molecule has 4 nitrogen and oxygen atoms in total. The number of benzene rings is 4. The van der Waals surface area contributed by atoms with Crippen LogP contribution >= 0.6 is 0 Å². The molecule has 5 aromatic rings. The molecule has 0 aliphatic carbocycles. The minimum atomic E-state index is -0.356. The van der Waals surface area contributed by atoms with Crippen molar-refractivity contribution in [2.75, 3.05) is 6.54 Å². The van der Waals surface area contributed by atoms with Crippen molar-refractivity contribution >= 4 is 0 Å². The highest BCUT2D eigenvalue weighted by Crippen LogP contribution is 2.48. The molecule has 36 heavy (non-hydrogen) atoms. The van der Waals surface area contributed by atoms with Gasteiger partial charge in [0.15, 0.2) is 0 Å². The molecular weight excluding hydrogens is 440 g/mol. The summed E-state index contributed by atoms with van der Waals surface area (Å²) in [5.74, 6) is 0. The van der Waals surface area contributed by atoms with Crippen molar-refractivity contribution in [1.29, 1.82) is 0 Å². The van der Waals surface area contributed by atoms with E-state index in [2.05, 4.69) is 143 Å². The van der Waals surface area contributed by atoms with Gasteiger partial charge in [0.1, 0.15) is 0 Å². The van der Waals surface area contributed by atoms with Crippen molar-refractivity contribution in [3.8, 4) is 0 Å². The summed E-state index contributed by atoms with van der Waals surface area (Å²) in [7, 11) is 0. The van der Waals surface area contributed by atoms with Crippen LogP contribution in [0.2, 0.25) is 0 Å². The summed E-state index contributed by atoms with van der Waals surface area (Å²) in [4.78, 5) is 2.61. The van der Waals surface area contributed by atoms with Gasteiger partial charge >= 0.3 is 0 Å². The van der Waals surface area contributed by atoms with Crippen LogP contribution in [-0.2, 0) is 24.9 Å². The third-order valence-corrected chi connectivity index (χ3v) is 7.22. The van der Waals surface area contributed by atoms with Crippen LogP contribution in [-0.4, -0.2) is 32.5 Å². The molecule has 1 saturated heterocycles. The van der Waals surface area contributed by atoms with Gasteiger partial charge in [-0.3, -0.25) is 9.58 Å². The van der Waals surface area contributed by atoms with Gasteiger partial charge in [0.25, 0.3) is 0 Å². The van der Waals surface area contributed by atoms with Gasteiger partial charge in [-0.15, -0.1) is 5.10 Å². The molecule has 1 unspecified atom stereocenters. The van der Waals surface area contributed by atoms with Crippen LogP contribution in [0.4, 0.5) is 0 Å². The highest BCUT2D eigenvalue weighted by atomic mass is 15.5. The predicted molar refractivity (Wildman–Crippen MR) is 144 cm³/mol. The van der Waals surface area contributed by atoms with E-state index in [0.717, 1.165) is 31.6 Å². The quantitative estimate of drug-likeness (QED) is 0.203. The minimum Gasteiger partial charge on any atom is -0.278 e. The van der Waals surface area contributed by atoms with Crippen molar-refractivity contribution < 1.29 is 0 Å². The van der Waals surface area contributed by atoms with Crippen LogP contribution in [0.25, 0.3) is 0 Å². The highest BCUT2D eigenvalue weighted by Gasteiger charge is 2.53. The van der Waals surface area contributed by atoms with Crippen molar-refractivity contribution in [3.05, 3.63) is 155 Å². The molecule has 0 bridgehead atoms. The SMILES string of the molecule is c1ccc(CCc2cn(C[C@@H]3CN3C(c3ccccc3)(c3ccccc3)c3ccccc3)nn2)cc1. The molecule has 1 aliphatic rings. The number of nitrogens with zero attached hydrogens (tertiary/aromatic N) is 4. The fourth-order valence-electron chi connectivity index (χ4n) is 5.46. The lowest BCUT2D eigenvalue weighted by Crippen LogP contribution is -2.39. The maximum absolute atomic E-state index is 4.48. The molecule has 2 atom stereocenters. The van der Waals surface area contributed by atoms with Crippen molar-refractivity contribution in [2.24, 2.45) is 0 Å². The van der Waals surface area contributed by atoms with E-state index in [4.69, 9.17) is 0 Å². The molecule has 6 rings (SSSR count). The average Bonchev–Trinajstić information content (AvgIpc) is 3.56. The molecule has 178 valence electrons. The molecule has 0 saturated carbocycles. The summed E-state index contributed by atoms with van der Waals surface area (Å²) in [5.41, 5.74) is 5.88. The summed E-state index contributed by atoms with van der Waals surface area (Å²) >= 11 is 0. The molecule has 1 aliphatic heterocycles. The number of hydrogen-bond donors (Lipinski definition) is 0. The third kappa shape index (κ3) is 4.36. The van der Waals surface area contributed by atoms with Gasteiger partial charge < -0.3 is 0 Å². The first kappa shape index (κ1) is 22.4. The van der Waals surface area contributed by atoms with Crippen LogP contribution < -0.4 is 0 Å². The van der Waals surface area contributed by atoms with Gasteiger partial charge in [-0.05, 0) is 35.1 Å². The molecule has 0 N–H and O–H groups in total. The summed E-state index contributed by atoms with van der Waals surface area (Å²) in [6.07, 6.45) is 4.00. The molecule has 0 radical (unpaired) electrons. The summed E-state index contributed by atoms with van der Waals surface area (Å²) in [6, 6.07) is 43.6. The smallest absolute Gasteiger partial charge is 0.0976 e. The fourth-order valence-corrected chi connectivity index (χ4v) is 5.46. The van der Waals surface area contributed by atoms with Gasteiger partial charge in [-0.25, -0.2) is 0 Å². The second kappa shape index (κ2) is 9.92. The molecule has 0 spiro atoms. The van der Waals surface area contributed by atoms with Gasteiger partial charge in [0, 0.05) is 18.8 Å². The fraction of sp³-hybridized carbons (Fsp3) is 0.188. The van der Waals surface area contributed by atoms with E-state index < -0.39 is 0 Å². The summed E-state index contributed by atoms with van der Waals surface area (Å²) in [6.45, 7) is 1.82. The molecule has 4 aromatic carbocycles. The van der Waals surface area contributed by atoms with Crippen LogP contribution in [0.5, 0.6) is 0 Å². The Balaban J connectivity index is 1.29. The first-order chi connectivity index (χ1) is 17.8. The zero-order valence-corrected chi connectivity index (χ0v) is 20.3. The number of rotatable bonds is 9. The Morgan fingerprint density at radius 2 is 1.14 bits per heavy atom. The Hall–Kier alpha value is -4.02. The zero-order valence-electron chi connectivity index (χ0n) is 20.3. The van der Waals surface area contributed by atoms with E-state index in [1.54, 1.807) is 0 Å². The van der Waals surface area contributed by atoms with Crippen molar-refractivity contribution in [1.82, 2.24) is 19.9 Å². The topological polar surface area (TPSA) is 33.7 Å². The molecule has 1 aromatic heterocycles. The molecule has 0 amide bonds. The van der Waals surface area contributed by atoms with E-state index in [0.29, 0.717) is 6.04 Å². The number of hydrogen-bond acceptors (Lipinski definition) is 3. The van der Waals surface area contributed by atoms with Crippen molar-refractivity contribution in [3.63, 3.8) is 0 Å². The largest absolute Gasteiger partial charge is 0.278 e. The van der Waals surface area contributed by atoms with Crippen molar-refractivity contribution in [2.45, 2.75) is 31.0 Å². The first-order valence-corrected chi connectivity index (χ1v) is 12.7. The van der Waals surface area contributed by atoms with E-state index in [1.165, 1.54) is 22.3 Å². The maximum Gasteiger partial charge on any atom is 0.0976 e. The number of aromatic nitrogens is 3. The molecule has 4 heteroatoms. The lowest BCUT2D eigenvalue weighted by molar-refractivity contribution is 0.306.